The van der Waals surface area contributed by atoms with Gasteiger partial charge < -0.3 is 19.3 Å². The molecule has 7 heteroatoms. The van der Waals surface area contributed by atoms with Crippen LogP contribution in [-0.2, 0) is 0 Å². The number of nitrogens with zero attached hydrogens (tertiary/aromatic N) is 4. The lowest BCUT2D eigenvalue weighted by atomic mass is 9.92. The molecule has 0 aliphatic carbocycles. The Hall–Kier alpha value is -2.41. The summed E-state index contributed by atoms with van der Waals surface area (Å²) in [6, 6.07) is 5.72. The normalized spacial score (nSPS) is 21.2. The molecule has 1 saturated heterocycles. The molecule has 7 nitrogen and oxygen atoms in total. The number of pyridine rings is 1. The minimum Gasteiger partial charge on any atom is -0.438 e. The van der Waals surface area contributed by atoms with Crippen LogP contribution in [0.15, 0.2) is 41.4 Å². The summed E-state index contributed by atoms with van der Waals surface area (Å²) in [6.07, 6.45) is 5.83. The van der Waals surface area contributed by atoms with Crippen molar-refractivity contribution in [1.82, 2.24) is 14.9 Å². The summed E-state index contributed by atoms with van der Waals surface area (Å²) in [6.45, 7) is 1.52. The first kappa shape index (κ1) is 15.5. The fraction of sp³-hybridized carbons (Fsp3) is 0.438. The summed E-state index contributed by atoms with van der Waals surface area (Å²) < 4.78 is 5.02. The van der Waals surface area contributed by atoms with Gasteiger partial charge in [0.05, 0.1) is 18.3 Å². The van der Waals surface area contributed by atoms with Gasteiger partial charge in [0.1, 0.15) is 5.82 Å². The molecule has 3 heterocycles. The maximum atomic E-state index is 12.2. The largest absolute Gasteiger partial charge is 0.438 e. The molecule has 1 aliphatic rings. The second-order valence-corrected chi connectivity index (χ2v) is 5.96. The zero-order chi connectivity index (χ0) is 16.3. The van der Waals surface area contributed by atoms with Crippen LogP contribution < -0.4 is 4.90 Å². The first-order chi connectivity index (χ1) is 11.1. The van der Waals surface area contributed by atoms with Crippen LogP contribution in [0.4, 0.5) is 5.82 Å². The number of piperidine rings is 1. The lowest BCUT2D eigenvalue weighted by Crippen LogP contribution is -2.54. The van der Waals surface area contributed by atoms with Gasteiger partial charge in [0.25, 0.3) is 5.91 Å². The summed E-state index contributed by atoms with van der Waals surface area (Å²) in [5, 5.41) is 10.9. The molecule has 0 spiro atoms. The van der Waals surface area contributed by atoms with Crippen molar-refractivity contribution in [2.24, 2.45) is 0 Å². The van der Waals surface area contributed by atoms with Gasteiger partial charge in [-0.1, -0.05) is 6.07 Å². The van der Waals surface area contributed by atoms with Gasteiger partial charge in [0.2, 0.25) is 5.76 Å². The minimum atomic E-state index is -0.972. The van der Waals surface area contributed by atoms with E-state index >= 15 is 0 Å². The molecule has 23 heavy (non-hydrogen) atoms. The fourth-order valence-corrected chi connectivity index (χ4v) is 3.00. The molecular formula is C16H20N4O3. The second kappa shape index (κ2) is 6.37. The van der Waals surface area contributed by atoms with Crippen LogP contribution in [0.25, 0.3) is 0 Å². The minimum absolute atomic E-state index is 0.175. The number of aromatic nitrogens is 2. The van der Waals surface area contributed by atoms with E-state index in [0.717, 1.165) is 18.8 Å². The van der Waals surface area contributed by atoms with E-state index < -0.39 is 5.60 Å². The lowest BCUT2D eigenvalue weighted by Gasteiger charge is -2.41. The third-order valence-electron chi connectivity index (χ3n) is 4.05. The van der Waals surface area contributed by atoms with Crippen LogP contribution in [-0.4, -0.2) is 58.2 Å². The number of anilines is 1. The van der Waals surface area contributed by atoms with Crippen LogP contribution >= 0.6 is 0 Å². The Morgan fingerprint density at radius 2 is 2.39 bits per heavy atom. The van der Waals surface area contributed by atoms with Crippen molar-refractivity contribution < 1.29 is 14.3 Å². The fourth-order valence-electron chi connectivity index (χ4n) is 3.00. The smallest absolute Gasteiger partial charge is 0.291 e. The van der Waals surface area contributed by atoms with Crippen LogP contribution in [0.3, 0.4) is 0 Å². The first-order valence-corrected chi connectivity index (χ1v) is 7.60. The topological polar surface area (TPSA) is 82.7 Å². The van der Waals surface area contributed by atoms with Crippen molar-refractivity contribution in [2.75, 3.05) is 31.6 Å². The van der Waals surface area contributed by atoms with Crippen molar-refractivity contribution in [3.8, 4) is 0 Å². The highest BCUT2D eigenvalue weighted by Gasteiger charge is 2.36. The predicted octanol–water partition coefficient (Wildman–Crippen LogP) is 1.17. The number of likely N-dealkylation sites (N-methyl/N-ethyl adjacent to an activating group) is 1. The molecule has 1 atom stereocenters. The summed E-state index contributed by atoms with van der Waals surface area (Å²) >= 11 is 0. The number of carbonyl (C=O) groups is 1. The maximum absolute atomic E-state index is 12.2. The van der Waals surface area contributed by atoms with E-state index in [-0.39, 0.29) is 18.2 Å². The molecule has 0 bridgehead atoms. The number of aliphatic hydroxyl groups is 1. The molecule has 2 aromatic rings. The van der Waals surface area contributed by atoms with Crippen LogP contribution in [0.2, 0.25) is 0 Å². The third kappa shape index (κ3) is 3.50. The number of oxazole rings is 1. The Labute approximate surface area is 134 Å². The zero-order valence-corrected chi connectivity index (χ0v) is 13.1. The van der Waals surface area contributed by atoms with E-state index in [4.69, 9.17) is 4.42 Å². The van der Waals surface area contributed by atoms with Gasteiger partial charge in [-0.2, -0.15) is 0 Å². The summed E-state index contributed by atoms with van der Waals surface area (Å²) in [7, 11) is 1.66. The highest BCUT2D eigenvalue weighted by Crippen LogP contribution is 2.25. The van der Waals surface area contributed by atoms with Crippen molar-refractivity contribution in [1.29, 1.82) is 0 Å². The number of rotatable bonds is 4. The number of hydrogen-bond donors (Lipinski definition) is 1. The molecule has 0 radical (unpaired) electrons. The van der Waals surface area contributed by atoms with E-state index in [2.05, 4.69) is 14.9 Å². The maximum Gasteiger partial charge on any atom is 0.291 e. The van der Waals surface area contributed by atoms with Gasteiger partial charge >= 0.3 is 0 Å². The van der Waals surface area contributed by atoms with Crippen molar-refractivity contribution in [3.63, 3.8) is 0 Å². The number of β-amino-alcohol motifs (C(OH)–C–C–N with tert-alkyl or cyclic N) is 1. The molecule has 0 aromatic carbocycles. The molecule has 1 fully saturated rings. The van der Waals surface area contributed by atoms with Crippen molar-refractivity contribution >= 4 is 11.7 Å². The molecule has 0 saturated carbocycles. The van der Waals surface area contributed by atoms with Gasteiger partial charge in [-0.15, -0.1) is 0 Å². The predicted molar refractivity (Wildman–Crippen MR) is 84.1 cm³/mol. The highest BCUT2D eigenvalue weighted by atomic mass is 16.3. The van der Waals surface area contributed by atoms with Crippen LogP contribution in [0, 0.1) is 0 Å². The SMILES string of the molecule is CN(CC1(O)CCCN(c2ccccn2)C1)C(=O)c1cnco1. The van der Waals surface area contributed by atoms with Gasteiger partial charge in [-0.3, -0.25) is 4.79 Å². The molecule has 1 aliphatic heterocycles. The third-order valence-corrected chi connectivity index (χ3v) is 4.05. The van der Waals surface area contributed by atoms with Gasteiger partial charge in [-0.05, 0) is 25.0 Å². The molecule has 3 rings (SSSR count). The number of amides is 1. The van der Waals surface area contributed by atoms with Gasteiger partial charge in [0, 0.05) is 26.3 Å². The van der Waals surface area contributed by atoms with E-state index in [1.165, 1.54) is 17.5 Å². The van der Waals surface area contributed by atoms with Crippen LogP contribution in [0.1, 0.15) is 23.4 Å². The van der Waals surface area contributed by atoms with Crippen LogP contribution in [0.5, 0.6) is 0 Å². The molecule has 1 amide bonds. The van der Waals surface area contributed by atoms with E-state index in [1.54, 1.807) is 13.2 Å². The molecule has 1 N–H and O–H groups in total. The van der Waals surface area contributed by atoms with Crippen molar-refractivity contribution in [2.45, 2.75) is 18.4 Å². The molecule has 2 aromatic heterocycles. The number of carbonyl (C=O) groups excluding carboxylic acids is 1. The van der Waals surface area contributed by atoms with Crippen molar-refractivity contribution in [3.05, 3.63) is 42.7 Å². The zero-order valence-electron chi connectivity index (χ0n) is 13.1. The van der Waals surface area contributed by atoms with E-state index in [1.807, 2.05) is 18.2 Å². The summed E-state index contributed by atoms with van der Waals surface area (Å²) in [4.78, 5) is 23.8. The first-order valence-electron chi connectivity index (χ1n) is 7.60. The molecule has 122 valence electrons. The summed E-state index contributed by atoms with van der Waals surface area (Å²) in [5.41, 5.74) is -0.972. The average molecular weight is 316 g/mol. The van der Waals surface area contributed by atoms with E-state index in [9.17, 15) is 9.90 Å². The molecule has 1 unspecified atom stereocenters. The van der Waals surface area contributed by atoms with Gasteiger partial charge in [0.15, 0.2) is 6.39 Å². The molecular weight excluding hydrogens is 296 g/mol. The summed E-state index contributed by atoms with van der Waals surface area (Å²) in [5.74, 6) is 0.731. The Balaban J connectivity index is 1.67. The Morgan fingerprint density at radius 3 is 3.09 bits per heavy atom. The number of hydrogen-bond acceptors (Lipinski definition) is 6. The Kier molecular flexibility index (Phi) is 4.29. The van der Waals surface area contributed by atoms with E-state index in [0.29, 0.717) is 13.0 Å². The lowest BCUT2D eigenvalue weighted by molar-refractivity contribution is -0.000865. The Morgan fingerprint density at radius 1 is 1.52 bits per heavy atom. The Bertz CT molecular complexity index is 647. The average Bonchev–Trinajstić information content (AvgIpc) is 3.09. The van der Waals surface area contributed by atoms with Gasteiger partial charge in [-0.25, -0.2) is 9.97 Å². The monoisotopic (exact) mass is 316 g/mol. The second-order valence-electron chi connectivity index (χ2n) is 5.96. The standard InChI is InChI=1S/C16H20N4O3/c1-19(15(21)13-9-17-12-23-13)10-16(22)6-4-8-20(11-16)14-5-2-3-7-18-14/h2-3,5,7,9,12,22H,4,6,8,10-11H2,1H3. The highest BCUT2D eigenvalue weighted by molar-refractivity contribution is 5.90. The quantitative estimate of drug-likeness (QED) is 0.912.